The molecule has 0 spiro atoms. The monoisotopic (exact) mass is 851 g/mol. The largest absolute Gasteiger partial charge is 0.436 e. The molecule has 7 heteroatoms. The quantitative estimate of drug-likeness (QED) is 0.118. The van der Waals surface area contributed by atoms with E-state index in [0.29, 0.717) is 5.89 Å². The van der Waals surface area contributed by atoms with Gasteiger partial charge in [0, 0.05) is 27.5 Å². The Balaban J connectivity index is 0.874. The van der Waals surface area contributed by atoms with Crippen LogP contribution in [0.2, 0.25) is 0 Å². The van der Waals surface area contributed by atoms with Crippen molar-refractivity contribution < 1.29 is 4.42 Å². The summed E-state index contributed by atoms with van der Waals surface area (Å²) in [5.74, 6) is 0.608. The van der Waals surface area contributed by atoms with Gasteiger partial charge in [-0.05, 0) is 56.9 Å². The van der Waals surface area contributed by atoms with E-state index in [1.54, 1.807) is 22.7 Å². The average Bonchev–Trinajstić information content (AvgIpc) is 4.12. The molecule has 0 aliphatic heterocycles. The summed E-state index contributed by atoms with van der Waals surface area (Å²) in [5.41, 5.74) is 12.7. The molecular weight excluding hydrogens is 818 g/mol. The standard InChI is InChI=1S/C57H34BN3OS2/c1-2-10-35(11-3-1)41-24-31-49-51(33-41)62-55(59-49)36-18-25-42(26-19-36)58(43-27-20-37(21-28-43)56-60-50-32-39-12-4-5-13-40(39)34-52(50)63-56)44-29-22-38(23-30-44)57-61-53-47-16-8-6-14-45(47)46-15-7-9-17-48(46)54(53)64-57/h1-34H. The molecular formula is C57H34BN3OS2. The Labute approximate surface area is 376 Å². The summed E-state index contributed by atoms with van der Waals surface area (Å²) in [4.78, 5) is 15.3. The van der Waals surface area contributed by atoms with E-state index in [2.05, 4.69) is 194 Å². The van der Waals surface area contributed by atoms with Crippen LogP contribution in [0.25, 0.3) is 108 Å². The number of hydrogen-bond acceptors (Lipinski definition) is 6. The van der Waals surface area contributed by atoms with Gasteiger partial charge in [0.15, 0.2) is 5.58 Å². The van der Waals surface area contributed by atoms with Crippen molar-refractivity contribution >= 4 is 110 Å². The average molecular weight is 852 g/mol. The fourth-order valence-corrected chi connectivity index (χ4v) is 11.4. The zero-order valence-corrected chi connectivity index (χ0v) is 35.9. The van der Waals surface area contributed by atoms with Gasteiger partial charge < -0.3 is 4.42 Å². The maximum absolute atomic E-state index is 6.39. The Morgan fingerprint density at radius 3 is 1.61 bits per heavy atom. The molecule has 3 heterocycles. The number of oxazole rings is 1. The Hall–Kier alpha value is -7.71. The van der Waals surface area contributed by atoms with Gasteiger partial charge in [0.05, 0.1) is 20.4 Å². The van der Waals surface area contributed by atoms with Crippen LogP contribution in [0.4, 0.5) is 0 Å². The number of rotatable bonds is 7. The zero-order valence-electron chi connectivity index (χ0n) is 34.3. The Kier molecular flexibility index (Phi) is 8.64. The maximum Gasteiger partial charge on any atom is 0.241 e. The van der Waals surface area contributed by atoms with Crippen molar-refractivity contribution in [3.05, 3.63) is 206 Å². The molecule has 4 nitrogen and oxygen atoms in total. The van der Waals surface area contributed by atoms with E-state index in [4.69, 9.17) is 19.4 Å². The fraction of sp³-hybridized carbons (Fsp3) is 0. The predicted molar refractivity (Wildman–Crippen MR) is 272 cm³/mol. The molecule has 3 aromatic heterocycles. The molecule has 0 N–H and O–H groups in total. The molecule has 0 unspecified atom stereocenters. The molecule has 0 aliphatic carbocycles. The first kappa shape index (κ1) is 36.9. The summed E-state index contributed by atoms with van der Waals surface area (Å²) in [5, 5.41) is 9.43. The van der Waals surface area contributed by atoms with E-state index >= 15 is 0 Å². The lowest BCUT2D eigenvalue weighted by Gasteiger charge is -2.17. The molecule has 0 amide bonds. The fourth-order valence-electron chi connectivity index (χ4n) is 9.28. The van der Waals surface area contributed by atoms with Crippen LogP contribution in [-0.2, 0) is 0 Å². The number of nitrogens with zero attached hydrogens (tertiary/aromatic N) is 3. The third-order valence-electron chi connectivity index (χ3n) is 12.5. The number of benzene rings is 10. The van der Waals surface area contributed by atoms with Crippen LogP contribution in [-0.4, -0.2) is 21.7 Å². The van der Waals surface area contributed by atoms with Crippen LogP contribution in [0.15, 0.2) is 211 Å². The second-order valence-corrected chi connectivity index (χ2v) is 18.4. The maximum atomic E-state index is 6.39. The summed E-state index contributed by atoms with van der Waals surface area (Å²) >= 11 is 3.52. The van der Waals surface area contributed by atoms with Crippen LogP contribution in [0.1, 0.15) is 0 Å². The first-order valence-corrected chi connectivity index (χ1v) is 23.1. The predicted octanol–water partition coefficient (Wildman–Crippen LogP) is 13.7. The van der Waals surface area contributed by atoms with E-state index in [1.807, 2.05) is 12.1 Å². The van der Waals surface area contributed by atoms with Crippen molar-refractivity contribution in [3.8, 4) is 43.7 Å². The van der Waals surface area contributed by atoms with Crippen LogP contribution in [0.5, 0.6) is 0 Å². The minimum absolute atomic E-state index is 0.0295. The highest BCUT2D eigenvalue weighted by molar-refractivity contribution is 7.23. The molecule has 0 fully saturated rings. The minimum Gasteiger partial charge on any atom is -0.436 e. The molecule has 0 saturated heterocycles. The van der Waals surface area contributed by atoms with Gasteiger partial charge in [0.25, 0.3) is 0 Å². The van der Waals surface area contributed by atoms with Crippen LogP contribution in [0.3, 0.4) is 0 Å². The number of thiazole rings is 2. The van der Waals surface area contributed by atoms with Gasteiger partial charge in [0.1, 0.15) is 15.5 Å². The van der Waals surface area contributed by atoms with Crippen molar-refractivity contribution in [2.24, 2.45) is 0 Å². The van der Waals surface area contributed by atoms with Gasteiger partial charge >= 0.3 is 0 Å². The van der Waals surface area contributed by atoms with Crippen molar-refractivity contribution in [1.29, 1.82) is 0 Å². The normalized spacial score (nSPS) is 11.8. The molecule has 64 heavy (non-hydrogen) atoms. The summed E-state index contributed by atoms with van der Waals surface area (Å²) < 4.78 is 8.81. The van der Waals surface area contributed by atoms with Gasteiger partial charge in [-0.3, -0.25) is 0 Å². The highest BCUT2D eigenvalue weighted by atomic mass is 32.1. The minimum atomic E-state index is -0.0295. The van der Waals surface area contributed by atoms with Crippen molar-refractivity contribution in [3.63, 3.8) is 0 Å². The SMILES string of the molecule is c1ccc(-c2ccc3nc(-c4ccc(B(c5ccc(-c6nc7cc8ccccc8cc7s6)cc5)c5ccc(-c6nc7c8ccccc8c8ccccc8c7s6)cc5)cc4)oc3c2)cc1. The molecule has 0 atom stereocenters. The molecule has 10 aromatic carbocycles. The number of hydrogen-bond donors (Lipinski definition) is 0. The molecule has 13 aromatic rings. The summed E-state index contributed by atoms with van der Waals surface area (Å²) in [7, 11) is 0. The first-order valence-electron chi connectivity index (χ1n) is 21.4. The van der Waals surface area contributed by atoms with Crippen molar-refractivity contribution in [2.75, 3.05) is 0 Å². The van der Waals surface area contributed by atoms with E-state index in [-0.39, 0.29) is 6.71 Å². The highest BCUT2D eigenvalue weighted by Crippen LogP contribution is 2.40. The van der Waals surface area contributed by atoms with Crippen LogP contribution >= 0.6 is 22.7 Å². The first-order chi connectivity index (χ1) is 31.7. The van der Waals surface area contributed by atoms with Gasteiger partial charge in [0.2, 0.25) is 12.6 Å². The lowest BCUT2D eigenvalue weighted by Crippen LogP contribution is -2.51. The molecule has 0 radical (unpaired) electrons. The Bertz CT molecular complexity index is 3770. The second kappa shape index (κ2) is 15.0. The van der Waals surface area contributed by atoms with E-state index < -0.39 is 0 Å². The third kappa shape index (κ3) is 6.31. The van der Waals surface area contributed by atoms with Gasteiger partial charge in [-0.2, -0.15) is 0 Å². The molecule has 13 rings (SSSR count). The Morgan fingerprint density at radius 1 is 0.375 bits per heavy atom. The molecule has 0 aliphatic rings. The van der Waals surface area contributed by atoms with Crippen LogP contribution in [0, 0.1) is 0 Å². The van der Waals surface area contributed by atoms with Gasteiger partial charge in [-0.25, -0.2) is 15.0 Å². The lowest BCUT2D eigenvalue weighted by atomic mass is 9.37. The lowest BCUT2D eigenvalue weighted by molar-refractivity contribution is 0.620. The summed E-state index contributed by atoms with van der Waals surface area (Å²) in [6.07, 6.45) is 0. The topological polar surface area (TPSA) is 51.8 Å². The van der Waals surface area contributed by atoms with Crippen LogP contribution < -0.4 is 16.4 Å². The molecule has 0 bridgehead atoms. The summed E-state index contributed by atoms with van der Waals surface area (Å²) in [6.45, 7) is -0.0295. The molecule has 0 saturated carbocycles. The van der Waals surface area contributed by atoms with E-state index in [9.17, 15) is 0 Å². The third-order valence-corrected chi connectivity index (χ3v) is 14.7. The van der Waals surface area contributed by atoms with Gasteiger partial charge in [-0.1, -0.05) is 198 Å². The number of aromatic nitrogens is 3. The highest BCUT2D eigenvalue weighted by Gasteiger charge is 2.24. The van der Waals surface area contributed by atoms with Crippen molar-refractivity contribution in [1.82, 2.24) is 15.0 Å². The number of fused-ring (bicyclic) bond motifs is 9. The Morgan fingerprint density at radius 2 is 0.922 bits per heavy atom. The second-order valence-electron chi connectivity index (χ2n) is 16.3. The smallest absolute Gasteiger partial charge is 0.241 e. The van der Waals surface area contributed by atoms with E-state index in [0.717, 1.165) is 60.0 Å². The molecule has 298 valence electrons. The van der Waals surface area contributed by atoms with Crippen molar-refractivity contribution in [2.45, 2.75) is 0 Å². The summed E-state index contributed by atoms with van der Waals surface area (Å²) in [6, 6.07) is 73.5. The van der Waals surface area contributed by atoms with Gasteiger partial charge in [-0.15, -0.1) is 22.7 Å². The zero-order chi connectivity index (χ0) is 42.1. The van der Waals surface area contributed by atoms with E-state index in [1.165, 1.54) is 58.1 Å².